The summed E-state index contributed by atoms with van der Waals surface area (Å²) in [6.07, 6.45) is 1.71. The lowest BCUT2D eigenvalue weighted by Gasteiger charge is -2.10. The lowest BCUT2D eigenvalue weighted by Crippen LogP contribution is -2.00. The van der Waals surface area contributed by atoms with E-state index in [9.17, 15) is 0 Å². The van der Waals surface area contributed by atoms with Crippen molar-refractivity contribution in [2.24, 2.45) is 0 Å². The molecule has 0 fully saturated rings. The molecule has 0 saturated carbocycles. The number of nitrogens with zero attached hydrogens (tertiary/aromatic N) is 2. The molecule has 0 aliphatic rings. The highest BCUT2D eigenvalue weighted by atomic mass is 16.5. The number of aromatic nitrogens is 2. The Hall–Kier alpha value is -4.06. The highest BCUT2D eigenvalue weighted by Gasteiger charge is 2.03. The summed E-state index contributed by atoms with van der Waals surface area (Å²) in [6.45, 7) is 0.542. The first-order valence-electron chi connectivity index (χ1n) is 9.56. The maximum Gasteiger partial charge on any atom is 0.229 e. The Bertz CT molecular complexity index is 1070. The van der Waals surface area contributed by atoms with E-state index in [0.717, 1.165) is 28.4 Å². The molecule has 1 heterocycles. The van der Waals surface area contributed by atoms with Gasteiger partial charge in [0, 0.05) is 17.6 Å². The van der Waals surface area contributed by atoms with Crippen molar-refractivity contribution in [2.45, 2.75) is 6.61 Å². The van der Waals surface area contributed by atoms with Crippen molar-refractivity contribution in [1.29, 1.82) is 0 Å². The molecule has 6 nitrogen and oxygen atoms in total. The maximum absolute atomic E-state index is 5.83. The number of hydrogen-bond donors (Lipinski definition) is 2. The average Bonchev–Trinajstić information content (AvgIpc) is 2.80. The van der Waals surface area contributed by atoms with E-state index < -0.39 is 0 Å². The predicted molar refractivity (Wildman–Crippen MR) is 119 cm³/mol. The minimum Gasteiger partial charge on any atom is -0.497 e. The minimum absolute atomic E-state index is 0.507. The number of rotatable bonds is 8. The van der Waals surface area contributed by atoms with Crippen molar-refractivity contribution in [3.8, 4) is 11.5 Å². The molecule has 0 unspecified atom stereocenters. The number of anilines is 4. The Labute approximate surface area is 175 Å². The largest absolute Gasteiger partial charge is 0.497 e. The van der Waals surface area contributed by atoms with Crippen molar-refractivity contribution in [2.75, 3.05) is 17.7 Å². The second-order valence-electron chi connectivity index (χ2n) is 6.54. The molecule has 0 radical (unpaired) electrons. The van der Waals surface area contributed by atoms with Crippen LogP contribution < -0.4 is 20.1 Å². The molecular weight excluding hydrogens is 376 g/mol. The van der Waals surface area contributed by atoms with Gasteiger partial charge in [-0.05, 0) is 60.2 Å². The number of methoxy groups -OCH3 is 1. The molecule has 150 valence electrons. The van der Waals surface area contributed by atoms with Crippen molar-refractivity contribution < 1.29 is 9.47 Å². The van der Waals surface area contributed by atoms with Gasteiger partial charge >= 0.3 is 0 Å². The van der Waals surface area contributed by atoms with Gasteiger partial charge in [-0.1, -0.05) is 30.3 Å². The lowest BCUT2D eigenvalue weighted by atomic mass is 10.2. The Morgan fingerprint density at radius 1 is 0.733 bits per heavy atom. The highest BCUT2D eigenvalue weighted by molar-refractivity contribution is 5.60. The first-order chi connectivity index (χ1) is 14.8. The molecule has 4 rings (SSSR count). The van der Waals surface area contributed by atoms with Crippen molar-refractivity contribution in [3.63, 3.8) is 0 Å². The summed E-state index contributed by atoms with van der Waals surface area (Å²) in [7, 11) is 1.64. The van der Waals surface area contributed by atoms with E-state index in [2.05, 4.69) is 20.6 Å². The molecular formula is C24H22N4O2. The first-order valence-corrected chi connectivity index (χ1v) is 9.56. The summed E-state index contributed by atoms with van der Waals surface area (Å²) in [5, 5.41) is 6.47. The molecule has 0 aliphatic carbocycles. The number of nitrogens with one attached hydrogen (secondary N) is 2. The summed E-state index contributed by atoms with van der Waals surface area (Å²) >= 11 is 0. The Balaban J connectivity index is 1.36. The Morgan fingerprint density at radius 2 is 1.40 bits per heavy atom. The van der Waals surface area contributed by atoms with Crippen LogP contribution in [0.25, 0.3) is 0 Å². The van der Waals surface area contributed by atoms with Crippen LogP contribution in [-0.4, -0.2) is 17.1 Å². The normalized spacial score (nSPS) is 10.3. The van der Waals surface area contributed by atoms with E-state index in [-0.39, 0.29) is 0 Å². The summed E-state index contributed by atoms with van der Waals surface area (Å²) in [5.41, 5.74) is 2.93. The standard InChI is InChI=1S/C24H22N4O2/c1-29-21-11-7-20(8-12-21)27-24-25-16-15-23(28-24)26-19-9-13-22(14-10-19)30-17-18-5-3-2-4-6-18/h2-16H,17H2,1H3,(H2,25,26,27,28). The van der Waals surface area contributed by atoms with Crippen molar-refractivity contribution in [1.82, 2.24) is 9.97 Å². The Kier molecular flexibility index (Phi) is 6.05. The third kappa shape index (κ3) is 5.26. The molecule has 0 amide bonds. The maximum atomic E-state index is 5.83. The lowest BCUT2D eigenvalue weighted by molar-refractivity contribution is 0.306. The van der Waals surface area contributed by atoms with Gasteiger partial charge in [0.25, 0.3) is 0 Å². The molecule has 0 atom stereocenters. The van der Waals surface area contributed by atoms with E-state index in [4.69, 9.17) is 9.47 Å². The fourth-order valence-electron chi connectivity index (χ4n) is 2.82. The van der Waals surface area contributed by atoms with Crippen LogP contribution in [-0.2, 0) is 6.61 Å². The number of hydrogen-bond acceptors (Lipinski definition) is 6. The van der Waals surface area contributed by atoms with Crippen LogP contribution in [0.5, 0.6) is 11.5 Å². The van der Waals surface area contributed by atoms with E-state index in [1.807, 2.05) is 84.9 Å². The van der Waals surface area contributed by atoms with Crippen LogP contribution in [0.2, 0.25) is 0 Å². The van der Waals surface area contributed by atoms with Gasteiger partial charge in [0.2, 0.25) is 5.95 Å². The van der Waals surface area contributed by atoms with Gasteiger partial charge in [0.05, 0.1) is 7.11 Å². The summed E-state index contributed by atoms with van der Waals surface area (Å²) < 4.78 is 11.0. The smallest absolute Gasteiger partial charge is 0.229 e. The molecule has 1 aromatic heterocycles. The van der Waals surface area contributed by atoms with Crippen molar-refractivity contribution >= 4 is 23.1 Å². The van der Waals surface area contributed by atoms with E-state index >= 15 is 0 Å². The second kappa shape index (κ2) is 9.43. The predicted octanol–water partition coefficient (Wildman–Crippen LogP) is 5.55. The topological polar surface area (TPSA) is 68.3 Å². The van der Waals surface area contributed by atoms with Crippen LogP contribution in [0.1, 0.15) is 5.56 Å². The van der Waals surface area contributed by atoms with Crippen LogP contribution in [0.4, 0.5) is 23.1 Å². The van der Waals surface area contributed by atoms with Gasteiger partial charge < -0.3 is 20.1 Å². The fourth-order valence-corrected chi connectivity index (χ4v) is 2.82. The SMILES string of the molecule is COc1ccc(Nc2nccc(Nc3ccc(OCc4ccccc4)cc3)n2)cc1. The van der Waals surface area contributed by atoms with Gasteiger partial charge in [-0.25, -0.2) is 4.98 Å². The van der Waals surface area contributed by atoms with Gasteiger partial charge in [-0.2, -0.15) is 4.98 Å². The summed E-state index contributed by atoms with van der Waals surface area (Å²) in [4.78, 5) is 8.78. The van der Waals surface area contributed by atoms with Crippen LogP contribution in [0, 0.1) is 0 Å². The minimum atomic E-state index is 0.507. The zero-order valence-corrected chi connectivity index (χ0v) is 16.6. The number of ether oxygens (including phenoxy) is 2. The first kappa shape index (κ1) is 19.3. The monoisotopic (exact) mass is 398 g/mol. The zero-order chi connectivity index (χ0) is 20.6. The van der Waals surface area contributed by atoms with Gasteiger partial charge in [-0.3, -0.25) is 0 Å². The Morgan fingerprint density at radius 3 is 2.10 bits per heavy atom. The average molecular weight is 398 g/mol. The molecule has 0 spiro atoms. The molecule has 4 aromatic rings. The molecule has 3 aromatic carbocycles. The van der Waals surface area contributed by atoms with Crippen LogP contribution >= 0.6 is 0 Å². The van der Waals surface area contributed by atoms with E-state index in [1.54, 1.807) is 13.3 Å². The van der Waals surface area contributed by atoms with Crippen LogP contribution in [0.3, 0.4) is 0 Å². The molecule has 0 aliphatic heterocycles. The van der Waals surface area contributed by atoms with E-state index in [0.29, 0.717) is 18.4 Å². The quantitative estimate of drug-likeness (QED) is 0.405. The van der Waals surface area contributed by atoms with Crippen LogP contribution in [0.15, 0.2) is 91.1 Å². The number of benzene rings is 3. The second-order valence-corrected chi connectivity index (χ2v) is 6.54. The molecule has 0 bridgehead atoms. The summed E-state index contributed by atoms with van der Waals surface area (Å²) in [5.74, 6) is 2.81. The van der Waals surface area contributed by atoms with Gasteiger partial charge in [0.1, 0.15) is 23.9 Å². The van der Waals surface area contributed by atoms with E-state index in [1.165, 1.54) is 0 Å². The van der Waals surface area contributed by atoms with Gasteiger partial charge in [0.15, 0.2) is 0 Å². The molecule has 0 saturated heterocycles. The third-order valence-corrected chi connectivity index (χ3v) is 4.38. The molecule has 30 heavy (non-hydrogen) atoms. The highest BCUT2D eigenvalue weighted by Crippen LogP contribution is 2.22. The fraction of sp³-hybridized carbons (Fsp3) is 0.0833. The van der Waals surface area contributed by atoms with Crippen molar-refractivity contribution in [3.05, 3.63) is 96.7 Å². The third-order valence-electron chi connectivity index (χ3n) is 4.38. The summed E-state index contributed by atoms with van der Waals surface area (Å²) in [6, 6.07) is 27.3. The van der Waals surface area contributed by atoms with Gasteiger partial charge in [-0.15, -0.1) is 0 Å². The zero-order valence-electron chi connectivity index (χ0n) is 16.6. The molecule has 6 heteroatoms. The molecule has 2 N–H and O–H groups in total.